The summed E-state index contributed by atoms with van der Waals surface area (Å²) in [6.07, 6.45) is 0.462. The van der Waals surface area contributed by atoms with Crippen LogP contribution in [-0.2, 0) is 4.79 Å². The Morgan fingerprint density at radius 1 is 1.67 bits per heavy atom. The molecule has 0 aliphatic rings. The predicted octanol–water partition coefficient (Wildman–Crippen LogP) is -1.07. The fraction of sp³-hybridized carbons (Fsp3) is 0.800. The van der Waals surface area contributed by atoms with E-state index in [-0.39, 0.29) is 5.91 Å². The van der Waals surface area contributed by atoms with E-state index in [0.29, 0.717) is 6.42 Å². The molecule has 0 aromatic rings. The third-order valence-electron chi connectivity index (χ3n) is 0.947. The van der Waals surface area contributed by atoms with Gasteiger partial charge in [0.1, 0.15) is 0 Å². The molecular formula is C5H13N3O. The van der Waals surface area contributed by atoms with Crippen LogP contribution in [0.4, 0.5) is 0 Å². The van der Waals surface area contributed by atoms with Crippen molar-refractivity contribution >= 4 is 5.91 Å². The topological polar surface area (TPSA) is 58.4 Å². The van der Waals surface area contributed by atoms with Crippen molar-refractivity contribution in [2.45, 2.75) is 6.42 Å². The van der Waals surface area contributed by atoms with Crippen molar-refractivity contribution in [1.82, 2.24) is 10.3 Å². The Labute approximate surface area is 55.0 Å². The Morgan fingerprint density at radius 2 is 2.22 bits per heavy atom. The molecule has 0 radical (unpaired) electrons. The first-order chi connectivity index (χ1) is 4.16. The van der Waals surface area contributed by atoms with Crippen LogP contribution < -0.4 is 11.3 Å². The van der Waals surface area contributed by atoms with Gasteiger partial charge in [-0.2, -0.15) is 0 Å². The lowest BCUT2D eigenvalue weighted by molar-refractivity contribution is -0.121. The molecule has 0 saturated heterocycles. The smallest absolute Gasteiger partial charge is 0.235 e. The van der Waals surface area contributed by atoms with Gasteiger partial charge in [0.2, 0.25) is 5.91 Å². The van der Waals surface area contributed by atoms with Crippen molar-refractivity contribution in [2.75, 3.05) is 20.6 Å². The van der Waals surface area contributed by atoms with Crippen molar-refractivity contribution in [3.8, 4) is 0 Å². The van der Waals surface area contributed by atoms with E-state index in [4.69, 9.17) is 5.84 Å². The highest BCUT2D eigenvalue weighted by molar-refractivity contribution is 5.75. The summed E-state index contributed by atoms with van der Waals surface area (Å²) in [6.45, 7) is 0.739. The first-order valence-electron chi connectivity index (χ1n) is 2.81. The van der Waals surface area contributed by atoms with Gasteiger partial charge in [0, 0.05) is 13.0 Å². The molecule has 1 amide bonds. The summed E-state index contributed by atoms with van der Waals surface area (Å²) < 4.78 is 0. The normalized spacial score (nSPS) is 9.78. The molecule has 0 bridgehead atoms. The van der Waals surface area contributed by atoms with Gasteiger partial charge in [-0.15, -0.1) is 0 Å². The molecule has 0 fully saturated rings. The summed E-state index contributed by atoms with van der Waals surface area (Å²) >= 11 is 0. The predicted molar refractivity (Wildman–Crippen MR) is 35.5 cm³/mol. The zero-order chi connectivity index (χ0) is 7.28. The van der Waals surface area contributed by atoms with Crippen LogP contribution >= 0.6 is 0 Å². The molecule has 0 aliphatic carbocycles. The maximum absolute atomic E-state index is 10.5. The van der Waals surface area contributed by atoms with Crippen LogP contribution in [0.1, 0.15) is 6.42 Å². The number of nitrogens with two attached hydrogens (primary N) is 1. The standard InChI is InChI=1S/C5H13N3O/c1-8(2)4-3-5(9)7-6/h3-4,6H2,1-2H3,(H,7,9). The molecule has 0 spiro atoms. The molecule has 4 heteroatoms. The van der Waals surface area contributed by atoms with Gasteiger partial charge >= 0.3 is 0 Å². The van der Waals surface area contributed by atoms with Crippen LogP contribution in [0.15, 0.2) is 0 Å². The molecule has 0 aliphatic heterocycles. The Bertz CT molecular complexity index is 92.2. The second-order valence-corrected chi connectivity index (χ2v) is 2.12. The van der Waals surface area contributed by atoms with Crippen molar-refractivity contribution in [2.24, 2.45) is 5.84 Å². The lowest BCUT2D eigenvalue weighted by atomic mass is 10.4. The summed E-state index contributed by atoms with van der Waals surface area (Å²) in [5.41, 5.74) is 2.05. The quantitative estimate of drug-likeness (QED) is 0.291. The molecule has 0 unspecified atom stereocenters. The summed E-state index contributed by atoms with van der Waals surface area (Å²) in [5.74, 6) is 4.72. The first-order valence-corrected chi connectivity index (χ1v) is 2.81. The van der Waals surface area contributed by atoms with E-state index in [1.807, 2.05) is 19.0 Å². The van der Waals surface area contributed by atoms with Crippen LogP contribution in [0, 0.1) is 0 Å². The monoisotopic (exact) mass is 131 g/mol. The zero-order valence-electron chi connectivity index (χ0n) is 5.85. The molecule has 0 aromatic heterocycles. The number of carbonyl (C=O) groups is 1. The molecule has 0 atom stereocenters. The van der Waals surface area contributed by atoms with Crippen molar-refractivity contribution in [3.05, 3.63) is 0 Å². The maximum Gasteiger partial charge on any atom is 0.235 e. The Hall–Kier alpha value is -0.610. The average Bonchev–Trinajstić information content (AvgIpc) is 1.83. The Kier molecular flexibility index (Phi) is 4.00. The summed E-state index contributed by atoms with van der Waals surface area (Å²) in [7, 11) is 3.81. The lowest BCUT2D eigenvalue weighted by Gasteiger charge is -2.06. The number of nitrogens with zero attached hydrogens (tertiary/aromatic N) is 1. The van der Waals surface area contributed by atoms with Crippen molar-refractivity contribution < 1.29 is 4.79 Å². The fourth-order valence-corrected chi connectivity index (χ4v) is 0.397. The van der Waals surface area contributed by atoms with Gasteiger partial charge in [0.05, 0.1) is 0 Å². The second kappa shape index (κ2) is 4.29. The number of amides is 1. The number of hydrogen-bond donors (Lipinski definition) is 2. The molecule has 0 rings (SSSR count). The van der Waals surface area contributed by atoms with Crippen LogP contribution in [0.5, 0.6) is 0 Å². The molecule has 0 aromatic carbocycles. The van der Waals surface area contributed by atoms with Crippen molar-refractivity contribution in [1.29, 1.82) is 0 Å². The van der Waals surface area contributed by atoms with Crippen molar-refractivity contribution in [3.63, 3.8) is 0 Å². The fourth-order valence-electron chi connectivity index (χ4n) is 0.397. The van der Waals surface area contributed by atoms with Crippen LogP contribution in [0.2, 0.25) is 0 Å². The Balaban J connectivity index is 3.17. The average molecular weight is 131 g/mol. The van der Waals surface area contributed by atoms with Gasteiger partial charge in [-0.3, -0.25) is 10.2 Å². The highest BCUT2D eigenvalue weighted by Gasteiger charge is 1.96. The van der Waals surface area contributed by atoms with Crippen LogP contribution in [-0.4, -0.2) is 31.4 Å². The minimum absolute atomic E-state index is 0.122. The molecule has 9 heavy (non-hydrogen) atoms. The summed E-state index contributed by atoms with van der Waals surface area (Å²) in [4.78, 5) is 12.4. The Morgan fingerprint density at radius 3 is 2.56 bits per heavy atom. The van der Waals surface area contributed by atoms with Gasteiger partial charge in [0.15, 0.2) is 0 Å². The molecule has 0 saturated carbocycles. The molecule has 54 valence electrons. The molecule has 4 nitrogen and oxygen atoms in total. The van der Waals surface area contributed by atoms with E-state index < -0.39 is 0 Å². The first kappa shape index (κ1) is 8.39. The third-order valence-corrected chi connectivity index (χ3v) is 0.947. The summed E-state index contributed by atoms with van der Waals surface area (Å²) in [6, 6.07) is 0. The number of hydrazine groups is 1. The van der Waals surface area contributed by atoms with Gasteiger partial charge < -0.3 is 4.90 Å². The lowest BCUT2D eigenvalue weighted by Crippen LogP contribution is -2.32. The van der Waals surface area contributed by atoms with E-state index in [1.54, 1.807) is 0 Å². The number of nitrogens with one attached hydrogen (secondary N) is 1. The van der Waals surface area contributed by atoms with E-state index in [1.165, 1.54) is 0 Å². The molecule has 0 heterocycles. The third kappa shape index (κ3) is 5.26. The zero-order valence-corrected chi connectivity index (χ0v) is 5.85. The maximum atomic E-state index is 10.5. The molecule has 3 N–H and O–H groups in total. The van der Waals surface area contributed by atoms with Gasteiger partial charge in [0.25, 0.3) is 0 Å². The minimum atomic E-state index is -0.122. The van der Waals surface area contributed by atoms with Gasteiger partial charge in [-0.1, -0.05) is 0 Å². The highest BCUT2D eigenvalue weighted by Crippen LogP contribution is 1.80. The molecular weight excluding hydrogens is 118 g/mol. The van der Waals surface area contributed by atoms with E-state index in [9.17, 15) is 4.79 Å². The minimum Gasteiger partial charge on any atom is -0.309 e. The van der Waals surface area contributed by atoms with Gasteiger partial charge in [-0.25, -0.2) is 5.84 Å². The SMILES string of the molecule is CN(C)CCC(=O)NN. The van der Waals surface area contributed by atoms with Crippen LogP contribution in [0.3, 0.4) is 0 Å². The number of hydrogen-bond acceptors (Lipinski definition) is 3. The highest BCUT2D eigenvalue weighted by atomic mass is 16.2. The van der Waals surface area contributed by atoms with E-state index in [0.717, 1.165) is 6.54 Å². The summed E-state index contributed by atoms with van der Waals surface area (Å²) in [5, 5.41) is 0. The van der Waals surface area contributed by atoms with E-state index >= 15 is 0 Å². The number of rotatable bonds is 3. The largest absolute Gasteiger partial charge is 0.309 e. The van der Waals surface area contributed by atoms with Gasteiger partial charge in [-0.05, 0) is 14.1 Å². The number of carbonyl (C=O) groups excluding carboxylic acids is 1. The second-order valence-electron chi connectivity index (χ2n) is 2.12. The van der Waals surface area contributed by atoms with Crippen LogP contribution in [0.25, 0.3) is 0 Å². The van der Waals surface area contributed by atoms with E-state index in [2.05, 4.69) is 5.43 Å².